The summed E-state index contributed by atoms with van der Waals surface area (Å²) in [5.41, 5.74) is 4.90. The molecule has 0 fully saturated rings. The Balaban J connectivity index is 2.36. The van der Waals surface area contributed by atoms with E-state index >= 15 is 0 Å². The molecule has 0 radical (unpaired) electrons. The molecular formula is C14H19N3. The molecule has 90 valence electrons. The van der Waals surface area contributed by atoms with Gasteiger partial charge in [-0.05, 0) is 14.0 Å². The first-order chi connectivity index (χ1) is 8.22. The molecule has 1 N–H and O–H groups in total. The van der Waals surface area contributed by atoms with Crippen molar-refractivity contribution in [3.63, 3.8) is 0 Å². The Labute approximate surface area is 103 Å². The lowest BCUT2D eigenvalue weighted by atomic mass is 10.1. The van der Waals surface area contributed by atoms with Crippen LogP contribution >= 0.6 is 0 Å². The molecule has 3 nitrogen and oxygen atoms in total. The van der Waals surface area contributed by atoms with Gasteiger partial charge in [-0.2, -0.15) is 0 Å². The number of nitrogens with zero attached hydrogens (tertiary/aromatic N) is 2. The zero-order valence-corrected chi connectivity index (χ0v) is 10.7. The molecule has 17 heavy (non-hydrogen) atoms. The Morgan fingerprint density at radius 3 is 2.59 bits per heavy atom. The number of nitrogens with one attached hydrogen (secondary N) is 1. The third-order valence-corrected chi connectivity index (χ3v) is 2.95. The van der Waals surface area contributed by atoms with Crippen LogP contribution in [0, 0.1) is 6.92 Å². The minimum Gasteiger partial charge on any atom is -0.334 e. The van der Waals surface area contributed by atoms with Crippen LogP contribution in [-0.2, 0) is 13.5 Å². The number of aryl methyl sites for hydroxylation is 2. The van der Waals surface area contributed by atoms with Crippen LogP contribution in [0.25, 0.3) is 11.3 Å². The van der Waals surface area contributed by atoms with Gasteiger partial charge in [0.25, 0.3) is 0 Å². The summed E-state index contributed by atoms with van der Waals surface area (Å²) in [4.78, 5) is 4.48. The molecule has 0 amide bonds. The normalized spacial score (nSPS) is 10.8. The molecule has 0 bridgehead atoms. The first-order valence-corrected chi connectivity index (χ1v) is 5.94. The van der Waals surface area contributed by atoms with Crippen LogP contribution in [0.2, 0.25) is 0 Å². The van der Waals surface area contributed by atoms with Gasteiger partial charge in [0.2, 0.25) is 0 Å². The topological polar surface area (TPSA) is 29.9 Å². The van der Waals surface area contributed by atoms with Crippen molar-refractivity contribution < 1.29 is 0 Å². The van der Waals surface area contributed by atoms with Crippen molar-refractivity contribution in [1.29, 1.82) is 0 Å². The molecule has 0 saturated heterocycles. The molecule has 0 aliphatic carbocycles. The predicted molar refractivity (Wildman–Crippen MR) is 71.0 cm³/mol. The standard InChI is InChI=1S/C14H19N3/c1-11-4-6-12(7-5-11)14-13(8-9-15-2)16-10-17(14)3/h4-7,10,15H,8-9H2,1-3H3. The maximum atomic E-state index is 4.48. The molecule has 0 aliphatic rings. The summed E-state index contributed by atoms with van der Waals surface area (Å²) in [5.74, 6) is 0. The van der Waals surface area contributed by atoms with Gasteiger partial charge in [-0.1, -0.05) is 29.8 Å². The molecule has 1 aromatic heterocycles. The second kappa shape index (κ2) is 5.15. The molecule has 0 atom stereocenters. The first-order valence-electron chi connectivity index (χ1n) is 5.94. The number of rotatable bonds is 4. The minimum atomic E-state index is 0.954. The summed E-state index contributed by atoms with van der Waals surface area (Å²) in [6.07, 6.45) is 2.85. The maximum Gasteiger partial charge on any atom is 0.0951 e. The van der Waals surface area contributed by atoms with E-state index in [1.54, 1.807) is 0 Å². The molecule has 0 unspecified atom stereocenters. The lowest BCUT2D eigenvalue weighted by Gasteiger charge is -2.07. The third kappa shape index (κ3) is 2.56. The molecule has 0 saturated carbocycles. The van der Waals surface area contributed by atoms with E-state index in [-0.39, 0.29) is 0 Å². The SMILES string of the molecule is CNCCc1ncn(C)c1-c1ccc(C)cc1. The highest BCUT2D eigenvalue weighted by atomic mass is 15.0. The van der Waals surface area contributed by atoms with Crippen LogP contribution in [0.4, 0.5) is 0 Å². The summed E-state index contributed by atoms with van der Waals surface area (Å²) >= 11 is 0. The average Bonchev–Trinajstić information content (AvgIpc) is 2.69. The summed E-state index contributed by atoms with van der Waals surface area (Å²) in [7, 11) is 4.01. The van der Waals surface area contributed by atoms with E-state index in [0.29, 0.717) is 0 Å². The molecule has 1 aromatic carbocycles. The second-order valence-electron chi connectivity index (χ2n) is 4.37. The van der Waals surface area contributed by atoms with Crippen molar-refractivity contribution in [2.24, 2.45) is 7.05 Å². The Morgan fingerprint density at radius 2 is 1.94 bits per heavy atom. The molecular weight excluding hydrogens is 210 g/mol. The smallest absolute Gasteiger partial charge is 0.0951 e. The first kappa shape index (κ1) is 11.9. The van der Waals surface area contributed by atoms with Crippen LogP contribution < -0.4 is 5.32 Å². The summed E-state index contributed by atoms with van der Waals surface area (Å²) in [5, 5.41) is 3.16. The van der Waals surface area contributed by atoms with Crippen molar-refractivity contribution in [3.05, 3.63) is 41.9 Å². The largest absolute Gasteiger partial charge is 0.334 e. The fourth-order valence-corrected chi connectivity index (χ4v) is 1.99. The highest BCUT2D eigenvalue weighted by Crippen LogP contribution is 2.23. The molecule has 3 heteroatoms. The summed E-state index contributed by atoms with van der Waals surface area (Å²) in [6, 6.07) is 8.61. The zero-order valence-electron chi connectivity index (χ0n) is 10.7. The van der Waals surface area contributed by atoms with Crippen molar-refractivity contribution in [2.75, 3.05) is 13.6 Å². The van der Waals surface area contributed by atoms with Gasteiger partial charge in [-0.25, -0.2) is 4.98 Å². The van der Waals surface area contributed by atoms with Crippen LogP contribution in [-0.4, -0.2) is 23.1 Å². The van der Waals surface area contributed by atoms with Crippen molar-refractivity contribution in [3.8, 4) is 11.3 Å². The van der Waals surface area contributed by atoms with Gasteiger partial charge in [-0.3, -0.25) is 0 Å². The minimum absolute atomic E-state index is 0.954. The highest BCUT2D eigenvalue weighted by molar-refractivity contribution is 5.62. The van der Waals surface area contributed by atoms with E-state index < -0.39 is 0 Å². The van der Waals surface area contributed by atoms with Gasteiger partial charge < -0.3 is 9.88 Å². The van der Waals surface area contributed by atoms with Gasteiger partial charge in [0, 0.05) is 25.6 Å². The van der Waals surface area contributed by atoms with Crippen LogP contribution in [0.3, 0.4) is 0 Å². The maximum absolute atomic E-state index is 4.48. The van der Waals surface area contributed by atoms with Crippen LogP contribution in [0.1, 0.15) is 11.3 Å². The number of benzene rings is 1. The number of hydrogen-bond donors (Lipinski definition) is 1. The summed E-state index contributed by atoms with van der Waals surface area (Å²) in [6.45, 7) is 3.06. The van der Waals surface area contributed by atoms with Gasteiger partial charge in [-0.15, -0.1) is 0 Å². The Kier molecular flexibility index (Phi) is 3.59. The fraction of sp³-hybridized carbons (Fsp3) is 0.357. The van der Waals surface area contributed by atoms with E-state index in [0.717, 1.165) is 18.7 Å². The quantitative estimate of drug-likeness (QED) is 0.870. The van der Waals surface area contributed by atoms with Crippen LogP contribution in [0.5, 0.6) is 0 Å². The van der Waals surface area contributed by atoms with Crippen molar-refractivity contribution in [1.82, 2.24) is 14.9 Å². The van der Waals surface area contributed by atoms with Crippen molar-refractivity contribution in [2.45, 2.75) is 13.3 Å². The fourth-order valence-electron chi connectivity index (χ4n) is 1.99. The molecule has 2 aromatic rings. The lowest BCUT2D eigenvalue weighted by Crippen LogP contribution is -2.11. The highest BCUT2D eigenvalue weighted by Gasteiger charge is 2.10. The van der Waals surface area contributed by atoms with Crippen molar-refractivity contribution >= 4 is 0 Å². The Morgan fingerprint density at radius 1 is 1.24 bits per heavy atom. The van der Waals surface area contributed by atoms with Gasteiger partial charge >= 0.3 is 0 Å². The number of imidazole rings is 1. The molecule has 1 heterocycles. The average molecular weight is 229 g/mol. The zero-order chi connectivity index (χ0) is 12.3. The van der Waals surface area contributed by atoms with E-state index in [9.17, 15) is 0 Å². The third-order valence-electron chi connectivity index (χ3n) is 2.95. The Hall–Kier alpha value is -1.61. The van der Waals surface area contributed by atoms with E-state index in [1.807, 2.05) is 20.4 Å². The second-order valence-corrected chi connectivity index (χ2v) is 4.37. The Bertz CT molecular complexity index is 483. The van der Waals surface area contributed by atoms with E-state index in [1.165, 1.54) is 16.8 Å². The van der Waals surface area contributed by atoms with Gasteiger partial charge in [0.15, 0.2) is 0 Å². The van der Waals surface area contributed by atoms with Crippen LogP contribution in [0.15, 0.2) is 30.6 Å². The predicted octanol–water partition coefficient (Wildman–Crippen LogP) is 2.16. The summed E-state index contributed by atoms with van der Waals surface area (Å²) < 4.78 is 2.09. The molecule has 0 spiro atoms. The number of likely N-dealkylation sites (N-methyl/N-ethyl adjacent to an activating group) is 1. The van der Waals surface area contributed by atoms with Gasteiger partial charge in [0.05, 0.1) is 17.7 Å². The molecule has 0 aliphatic heterocycles. The monoisotopic (exact) mass is 229 g/mol. The van der Waals surface area contributed by atoms with Gasteiger partial charge in [0.1, 0.15) is 0 Å². The van der Waals surface area contributed by atoms with E-state index in [2.05, 4.69) is 46.1 Å². The molecule has 2 rings (SSSR count). The number of hydrogen-bond acceptors (Lipinski definition) is 2. The number of aromatic nitrogens is 2. The van der Waals surface area contributed by atoms with E-state index in [4.69, 9.17) is 0 Å². The lowest BCUT2D eigenvalue weighted by molar-refractivity contribution is 0.780.